The molecule has 0 aromatic rings. The summed E-state index contributed by atoms with van der Waals surface area (Å²) in [5.74, 6) is 0. The molecule has 0 atom stereocenters. The maximum atomic E-state index is 9.33. The minimum Gasteiger partial charge on any atom is -0.395 e. The molecule has 0 aromatic carbocycles. The quantitative estimate of drug-likeness (QED) is 0.112. The molecule has 0 spiro atoms. The summed E-state index contributed by atoms with van der Waals surface area (Å²) >= 11 is 0. The zero-order chi connectivity index (χ0) is 23.5. The molecule has 0 radical (unpaired) electrons. The first-order valence-corrected chi connectivity index (χ1v) is 14.1. The van der Waals surface area contributed by atoms with Crippen LogP contribution < -0.4 is 0 Å². The van der Waals surface area contributed by atoms with Crippen LogP contribution in [0.4, 0.5) is 0 Å². The van der Waals surface area contributed by atoms with Crippen molar-refractivity contribution >= 4 is 24.8 Å². The third-order valence-electron chi connectivity index (χ3n) is 6.53. The summed E-state index contributed by atoms with van der Waals surface area (Å²) in [6, 6.07) is 0. The zero-order valence-corrected chi connectivity index (χ0v) is 24.1. The molecule has 0 aromatic heterocycles. The van der Waals surface area contributed by atoms with E-state index in [4.69, 9.17) is 10.2 Å². The molecule has 0 saturated carbocycles. The predicted octanol–water partition coefficient (Wildman–Crippen LogP) is 6.06. The highest BCUT2D eigenvalue weighted by molar-refractivity contribution is 5.85. The Morgan fingerprint density at radius 3 is 0.941 bits per heavy atom. The standard InChI is InChI=1S/C27H58N2O3.2ClH/c1-2-3-4-5-6-7-8-9-10-11-12-13-14-15-16-17-19-28(22-25-30)20-18-21-29(23-26-31)24-27-32;;/h30-32H,2-27H2,1H3;2*1H. The molecule has 0 heterocycles. The van der Waals surface area contributed by atoms with E-state index in [-0.39, 0.29) is 44.6 Å². The van der Waals surface area contributed by atoms with Crippen LogP contribution in [0.3, 0.4) is 0 Å². The molecule has 0 aliphatic carbocycles. The van der Waals surface area contributed by atoms with Gasteiger partial charge in [-0.3, -0.25) is 4.90 Å². The average Bonchev–Trinajstić information content (AvgIpc) is 2.79. The highest BCUT2D eigenvalue weighted by atomic mass is 35.5. The van der Waals surface area contributed by atoms with Gasteiger partial charge in [-0.2, -0.15) is 0 Å². The van der Waals surface area contributed by atoms with Crippen molar-refractivity contribution in [2.24, 2.45) is 0 Å². The summed E-state index contributed by atoms with van der Waals surface area (Å²) in [7, 11) is 0. The minimum atomic E-state index is 0. The molecule has 0 aliphatic rings. The Hall–Kier alpha value is 0.380. The summed E-state index contributed by atoms with van der Waals surface area (Å²) in [6.45, 7) is 7.72. The molecule has 34 heavy (non-hydrogen) atoms. The van der Waals surface area contributed by atoms with E-state index in [0.717, 1.165) is 32.6 Å². The van der Waals surface area contributed by atoms with Gasteiger partial charge in [-0.25, -0.2) is 0 Å². The Balaban J connectivity index is -0.00000480. The molecule has 0 unspecified atom stereocenters. The molecule has 7 heteroatoms. The van der Waals surface area contributed by atoms with Crippen molar-refractivity contribution in [3.05, 3.63) is 0 Å². The Kier molecular flexibility index (Phi) is 38.2. The van der Waals surface area contributed by atoms with E-state index >= 15 is 0 Å². The van der Waals surface area contributed by atoms with Gasteiger partial charge in [-0.05, 0) is 32.5 Å². The monoisotopic (exact) mass is 530 g/mol. The van der Waals surface area contributed by atoms with Gasteiger partial charge in [0.25, 0.3) is 0 Å². The summed E-state index contributed by atoms with van der Waals surface area (Å²) < 4.78 is 0. The van der Waals surface area contributed by atoms with Crippen LogP contribution in [0.15, 0.2) is 0 Å². The molecule has 210 valence electrons. The topological polar surface area (TPSA) is 67.2 Å². The molecule has 0 aliphatic heterocycles. The lowest BCUT2D eigenvalue weighted by Gasteiger charge is -2.24. The second kappa shape index (κ2) is 33.4. The molecule has 0 rings (SSSR count). The maximum Gasteiger partial charge on any atom is 0.0558 e. The average molecular weight is 532 g/mol. The van der Waals surface area contributed by atoms with Crippen molar-refractivity contribution < 1.29 is 15.3 Å². The van der Waals surface area contributed by atoms with Crippen LogP contribution in [-0.4, -0.2) is 84.2 Å². The molecular formula is C27H60Cl2N2O3. The van der Waals surface area contributed by atoms with Crippen molar-refractivity contribution in [3.63, 3.8) is 0 Å². The van der Waals surface area contributed by atoms with Gasteiger partial charge >= 0.3 is 0 Å². The first-order chi connectivity index (χ1) is 15.8. The predicted molar refractivity (Wildman–Crippen MR) is 153 cm³/mol. The van der Waals surface area contributed by atoms with Crippen LogP contribution in [0.2, 0.25) is 0 Å². The molecular weight excluding hydrogens is 471 g/mol. The van der Waals surface area contributed by atoms with E-state index in [9.17, 15) is 5.11 Å². The van der Waals surface area contributed by atoms with Gasteiger partial charge in [0.15, 0.2) is 0 Å². The molecule has 0 fully saturated rings. The smallest absolute Gasteiger partial charge is 0.0558 e. The highest BCUT2D eigenvalue weighted by Gasteiger charge is 2.07. The second-order valence-corrected chi connectivity index (χ2v) is 9.51. The number of halogens is 2. The Morgan fingerprint density at radius 1 is 0.353 bits per heavy atom. The minimum absolute atomic E-state index is 0. The van der Waals surface area contributed by atoms with Gasteiger partial charge in [-0.15, -0.1) is 24.8 Å². The van der Waals surface area contributed by atoms with Crippen LogP contribution in [0.25, 0.3) is 0 Å². The number of hydrogen-bond donors (Lipinski definition) is 3. The van der Waals surface area contributed by atoms with E-state index in [2.05, 4.69) is 16.7 Å². The van der Waals surface area contributed by atoms with E-state index < -0.39 is 0 Å². The normalized spacial score (nSPS) is 11.1. The highest BCUT2D eigenvalue weighted by Crippen LogP contribution is 2.14. The van der Waals surface area contributed by atoms with E-state index in [1.165, 1.54) is 103 Å². The number of unbranched alkanes of at least 4 members (excludes halogenated alkanes) is 15. The van der Waals surface area contributed by atoms with Crippen LogP contribution in [0.5, 0.6) is 0 Å². The van der Waals surface area contributed by atoms with Gasteiger partial charge in [-0.1, -0.05) is 103 Å². The summed E-state index contributed by atoms with van der Waals surface area (Å²) in [5, 5.41) is 27.5. The number of aliphatic hydroxyl groups is 3. The zero-order valence-electron chi connectivity index (χ0n) is 22.4. The molecule has 0 amide bonds. The summed E-state index contributed by atoms with van der Waals surface area (Å²) in [6.07, 6.45) is 23.3. The first kappa shape index (κ1) is 38.9. The van der Waals surface area contributed by atoms with Crippen LogP contribution in [0, 0.1) is 0 Å². The van der Waals surface area contributed by atoms with Crippen molar-refractivity contribution in [3.8, 4) is 0 Å². The van der Waals surface area contributed by atoms with E-state index in [1.54, 1.807) is 0 Å². The molecule has 5 nitrogen and oxygen atoms in total. The third kappa shape index (κ3) is 28.6. The third-order valence-corrected chi connectivity index (χ3v) is 6.53. The molecule has 0 saturated heterocycles. The van der Waals surface area contributed by atoms with Crippen molar-refractivity contribution in [1.82, 2.24) is 9.80 Å². The number of nitrogens with zero attached hydrogens (tertiary/aromatic N) is 2. The van der Waals surface area contributed by atoms with Gasteiger partial charge in [0.05, 0.1) is 19.8 Å². The molecule has 0 bridgehead atoms. The first-order valence-electron chi connectivity index (χ1n) is 14.1. The van der Waals surface area contributed by atoms with Gasteiger partial charge in [0.1, 0.15) is 0 Å². The van der Waals surface area contributed by atoms with Crippen LogP contribution >= 0.6 is 24.8 Å². The summed E-state index contributed by atoms with van der Waals surface area (Å²) in [4.78, 5) is 4.46. The Bertz CT molecular complexity index is 350. The van der Waals surface area contributed by atoms with Gasteiger partial charge in [0, 0.05) is 19.6 Å². The number of hydrogen-bond acceptors (Lipinski definition) is 5. The lowest BCUT2D eigenvalue weighted by atomic mass is 10.0. The lowest BCUT2D eigenvalue weighted by Crippen LogP contribution is -2.35. The fourth-order valence-electron chi connectivity index (χ4n) is 4.50. The Morgan fingerprint density at radius 2 is 0.618 bits per heavy atom. The fourth-order valence-corrected chi connectivity index (χ4v) is 4.50. The van der Waals surface area contributed by atoms with Crippen molar-refractivity contribution in [1.29, 1.82) is 0 Å². The van der Waals surface area contributed by atoms with Crippen molar-refractivity contribution in [2.45, 2.75) is 116 Å². The van der Waals surface area contributed by atoms with Gasteiger partial charge < -0.3 is 20.2 Å². The largest absolute Gasteiger partial charge is 0.395 e. The van der Waals surface area contributed by atoms with Crippen molar-refractivity contribution in [2.75, 3.05) is 59.1 Å². The maximum absolute atomic E-state index is 9.33. The van der Waals surface area contributed by atoms with E-state index in [1.807, 2.05) is 0 Å². The SMILES string of the molecule is CCCCCCCCCCCCCCCCCCN(CCO)CCCN(CCO)CCO.Cl.Cl. The fraction of sp³-hybridized carbons (Fsp3) is 1.00. The summed E-state index contributed by atoms with van der Waals surface area (Å²) in [5.41, 5.74) is 0. The lowest BCUT2D eigenvalue weighted by molar-refractivity contribution is 0.147. The Labute approximate surface area is 224 Å². The number of rotatable bonds is 27. The second-order valence-electron chi connectivity index (χ2n) is 9.51. The van der Waals surface area contributed by atoms with Crippen LogP contribution in [-0.2, 0) is 0 Å². The van der Waals surface area contributed by atoms with Crippen LogP contribution in [0.1, 0.15) is 116 Å². The van der Waals surface area contributed by atoms with E-state index in [0.29, 0.717) is 13.1 Å². The number of aliphatic hydroxyl groups excluding tert-OH is 3. The van der Waals surface area contributed by atoms with Gasteiger partial charge in [0.2, 0.25) is 0 Å². The molecule has 3 N–H and O–H groups in total.